The van der Waals surface area contributed by atoms with Crippen LogP contribution in [0.5, 0.6) is 0 Å². The lowest BCUT2D eigenvalue weighted by molar-refractivity contribution is -0.193. The number of hydrogen-bond acceptors (Lipinski definition) is 13. The van der Waals surface area contributed by atoms with Crippen molar-refractivity contribution in [3.8, 4) is 0 Å². The second kappa shape index (κ2) is 14.6. The Kier molecular flexibility index (Phi) is 10.8. The SMILES string of the molecule is CO[C@@]1(NC(=O)[C@@H](NC(=O)N2CCNC2=O)c2ccc(NC(=O)OC[C@@H](N)C(=O)O)cc2)C(=O)N2C(C(=O)O)=C(COC(C)=O)CS[C@H]21. The third kappa shape index (κ3) is 7.26. The molecule has 3 aliphatic rings. The third-order valence-electron chi connectivity index (χ3n) is 7.23. The van der Waals surface area contributed by atoms with Gasteiger partial charge in [0.1, 0.15) is 36.4 Å². The van der Waals surface area contributed by atoms with Crippen LogP contribution < -0.4 is 27.0 Å². The number of anilines is 1. The average molecular weight is 694 g/mol. The average Bonchev–Trinajstić information content (AvgIpc) is 3.49. The number of esters is 1. The molecule has 0 aromatic heterocycles. The van der Waals surface area contributed by atoms with Crippen molar-refractivity contribution in [2.45, 2.75) is 30.1 Å². The molecule has 21 heteroatoms. The fourth-order valence-corrected chi connectivity index (χ4v) is 6.23. The highest BCUT2D eigenvalue weighted by molar-refractivity contribution is 8.00. The molecule has 20 nitrogen and oxygen atoms in total. The van der Waals surface area contributed by atoms with Crippen LogP contribution in [0.15, 0.2) is 35.5 Å². The van der Waals surface area contributed by atoms with Crippen LogP contribution >= 0.6 is 11.8 Å². The number of benzene rings is 1. The van der Waals surface area contributed by atoms with E-state index in [9.17, 15) is 43.5 Å². The number of carboxylic acid groups (broad SMARTS) is 2. The summed E-state index contributed by atoms with van der Waals surface area (Å²) in [4.78, 5) is 101. The number of carbonyl (C=O) groups is 8. The maximum absolute atomic E-state index is 13.8. The Morgan fingerprint density at radius 2 is 1.81 bits per heavy atom. The number of amides is 7. The number of methoxy groups -OCH3 is 1. The largest absolute Gasteiger partial charge is 0.480 e. The Morgan fingerprint density at radius 1 is 1.12 bits per heavy atom. The van der Waals surface area contributed by atoms with Crippen molar-refractivity contribution < 1.29 is 62.8 Å². The number of rotatable bonds is 12. The normalized spacial score (nSPS) is 21.2. The summed E-state index contributed by atoms with van der Waals surface area (Å²) < 4.78 is 15.2. The van der Waals surface area contributed by atoms with Gasteiger partial charge in [0.05, 0.1) is 0 Å². The maximum Gasteiger partial charge on any atom is 0.411 e. The molecule has 0 unspecified atom stereocenters. The Morgan fingerprint density at radius 3 is 2.38 bits per heavy atom. The molecule has 0 aliphatic carbocycles. The van der Waals surface area contributed by atoms with Gasteiger partial charge in [0.25, 0.3) is 11.6 Å². The van der Waals surface area contributed by atoms with Gasteiger partial charge < -0.3 is 46.1 Å². The molecule has 4 rings (SSSR count). The standard InChI is InChI=1S/C27H31N7O13S/c1-12(35)46-9-14-11-48-23-27(45-2,22(41)34(23)18(14)21(39)40)32-19(36)17(31-25(43)33-8-7-29-24(33)42)13-3-5-15(6-4-13)30-26(44)47-10-16(28)20(37)38/h3-6,16-17,23H,7-11,28H2,1-2H3,(H,29,42)(H,30,44)(H,31,43)(H,32,36)(H,37,38)(H,39,40)/t16-,17+,23+,27+/m1/s1. The number of β-lactam (4-membered cyclic amide) rings is 1. The van der Waals surface area contributed by atoms with Crippen LogP contribution in [0.2, 0.25) is 0 Å². The van der Waals surface area contributed by atoms with E-state index in [2.05, 4.69) is 21.3 Å². The summed E-state index contributed by atoms with van der Waals surface area (Å²) in [5.74, 6) is -5.42. The first-order chi connectivity index (χ1) is 22.7. The number of carbonyl (C=O) groups excluding carboxylic acids is 6. The summed E-state index contributed by atoms with van der Waals surface area (Å²) in [6.45, 7) is 0.342. The topological polar surface area (TPSA) is 285 Å². The van der Waals surface area contributed by atoms with Crippen LogP contribution in [-0.2, 0) is 38.2 Å². The fourth-order valence-electron chi connectivity index (χ4n) is 4.81. The molecule has 0 spiro atoms. The monoisotopic (exact) mass is 693 g/mol. The molecule has 258 valence electrons. The van der Waals surface area contributed by atoms with Gasteiger partial charge in [-0.05, 0) is 17.7 Å². The quantitative estimate of drug-likeness (QED) is 0.0761. The molecule has 2 fully saturated rings. The van der Waals surface area contributed by atoms with Crippen LogP contribution in [0.3, 0.4) is 0 Å². The zero-order valence-corrected chi connectivity index (χ0v) is 26.2. The summed E-state index contributed by atoms with van der Waals surface area (Å²) in [5.41, 5.74) is 3.22. The number of thioether (sulfide) groups is 1. The Bertz CT molecular complexity index is 1570. The van der Waals surface area contributed by atoms with Crippen LogP contribution in [-0.4, -0.2) is 124 Å². The highest BCUT2D eigenvalue weighted by Crippen LogP contribution is 2.46. The first-order valence-electron chi connectivity index (χ1n) is 14.0. The molecule has 2 saturated heterocycles. The summed E-state index contributed by atoms with van der Waals surface area (Å²) in [6.07, 6.45) is -1.02. The van der Waals surface area contributed by atoms with Crippen LogP contribution in [0.1, 0.15) is 18.5 Å². The first-order valence-corrected chi connectivity index (χ1v) is 15.0. The van der Waals surface area contributed by atoms with E-state index in [1.54, 1.807) is 0 Å². The predicted octanol–water partition coefficient (Wildman–Crippen LogP) is -1.30. The highest BCUT2D eigenvalue weighted by Gasteiger charge is 2.67. The number of carboxylic acids is 2. The molecule has 0 radical (unpaired) electrons. The van der Waals surface area contributed by atoms with Gasteiger partial charge in [-0.3, -0.25) is 29.4 Å². The number of hydrogen-bond donors (Lipinski definition) is 7. The number of urea groups is 2. The van der Waals surface area contributed by atoms with Crippen molar-refractivity contribution in [2.75, 3.05) is 44.5 Å². The Balaban J connectivity index is 1.56. The van der Waals surface area contributed by atoms with Crippen molar-refractivity contribution >= 4 is 65.3 Å². The number of ether oxygens (including phenoxy) is 3. The second-order valence-corrected chi connectivity index (χ2v) is 11.4. The van der Waals surface area contributed by atoms with Crippen LogP contribution in [0.4, 0.5) is 20.1 Å². The summed E-state index contributed by atoms with van der Waals surface area (Å²) in [7, 11) is 1.12. The first kappa shape index (κ1) is 35.4. The van der Waals surface area contributed by atoms with Gasteiger partial charge in [0.2, 0.25) is 5.91 Å². The molecule has 7 amide bonds. The minimum atomic E-state index is -2.08. The van der Waals surface area contributed by atoms with E-state index in [0.29, 0.717) is 0 Å². The number of nitrogens with zero attached hydrogens (tertiary/aromatic N) is 2. The lowest BCUT2D eigenvalue weighted by Crippen LogP contribution is -2.81. The van der Waals surface area contributed by atoms with Crippen molar-refractivity contribution in [3.63, 3.8) is 0 Å². The minimum absolute atomic E-state index is 0.00363. The predicted molar refractivity (Wildman–Crippen MR) is 161 cm³/mol. The number of fused-ring (bicyclic) bond motifs is 1. The van der Waals surface area contributed by atoms with Gasteiger partial charge in [-0.2, -0.15) is 0 Å². The van der Waals surface area contributed by atoms with Gasteiger partial charge in [-0.25, -0.2) is 24.1 Å². The van der Waals surface area contributed by atoms with E-state index < -0.39 is 83.4 Å². The number of nitrogens with one attached hydrogen (secondary N) is 4. The van der Waals surface area contributed by atoms with Gasteiger partial charge in [-0.15, -0.1) is 11.8 Å². The molecule has 48 heavy (non-hydrogen) atoms. The summed E-state index contributed by atoms with van der Waals surface area (Å²) in [6, 6.07) is 0.682. The molecule has 3 heterocycles. The molecular formula is C27H31N7O13S. The van der Waals surface area contributed by atoms with E-state index in [0.717, 1.165) is 35.6 Å². The third-order valence-corrected chi connectivity index (χ3v) is 8.60. The molecule has 8 N–H and O–H groups in total. The maximum atomic E-state index is 13.8. The molecular weight excluding hydrogens is 662 g/mol. The van der Waals surface area contributed by atoms with E-state index in [-0.39, 0.29) is 42.3 Å². The number of imide groups is 1. The summed E-state index contributed by atoms with van der Waals surface area (Å²) in [5, 5.41) is 27.4. The molecule has 0 saturated carbocycles. The lowest BCUT2D eigenvalue weighted by Gasteiger charge is -2.56. The van der Waals surface area contributed by atoms with Gasteiger partial charge in [0, 0.05) is 44.1 Å². The van der Waals surface area contributed by atoms with Crippen molar-refractivity contribution in [1.82, 2.24) is 25.8 Å². The molecule has 3 aliphatic heterocycles. The van der Waals surface area contributed by atoms with E-state index >= 15 is 0 Å². The smallest absolute Gasteiger partial charge is 0.411 e. The van der Waals surface area contributed by atoms with Gasteiger partial charge in [0.15, 0.2) is 0 Å². The molecule has 1 aromatic rings. The van der Waals surface area contributed by atoms with Crippen molar-refractivity contribution in [2.24, 2.45) is 5.73 Å². The minimum Gasteiger partial charge on any atom is -0.480 e. The fraction of sp³-hybridized carbons (Fsp3) is 0.407. The molecule has 4 atom stereocenters. The van der Waals surface area contributed by atoms with Crippen LogP contribution in [0.25, 0.3) is 0 Å². The summed E-state index contributed by atoms with van der Waals surface area (Å²) >= 11 is 1.04. The highest BCUT2D eigenvalue weighted by atomic mass is 32.2. The van der Waals surface area contributed by atoms with Crippen molar-refractivity contribution in [1.29, 1.82) is 0 Å². The molecule has 0 bridgehead atoms. The Hall–Kier alpha value is -5.41. The van der Waals surface area contributed by atoms with Gasteiger partial charge in [-0.1, -0.05) is 12.1 Å². The van der Waals surface area contributed by atoms with Crippen LogP contribution in [0, 0.1) is 0 Å². The zero-order valence-electron chi connectivity index (χ0n) is 25.3. The van der Waals surface area contributed by atoms with E-state index in [1.165, 1.54) is 24.3 Å². The van der Waals surface area contributed by atoms with E-state index in [4.69, 9.17) is 25.1 Å². The number of nitrogens with two attached hydrogens (primary N) is 1. The Labute approximate surface area is 275 Å². The van der Waals surface area contributed by atoms with E-state index in [1.807, 2.05) is 0 Å². The second-order valence-electron chi connectivity index (χ2n) is 10.4. The van der Waals surface area contributed by atoms with Crippen molar-refractivity contribution in [3.05, 3.63) is 41.1 Å². The zero-order chi connectivity index (χ0) is 35.3. The van der Waals surface area contributed by atoms with Gasteiger partial charge >= 0.3 is 36.1 Å². The lowest BCUT2D eigenvalue weighted by atomic mass is 9.96. The molecule has 1 aromatic carbocycles. The number of aliphatic carboxylic acids is 2.